The molecule has 0 aromatic heterocycles. The van der Waals surface area contributed by atoms with Crippen molar-refractivity contribution in [1.29, 1.82) is 0 Å². The summed E-state index contributed by atoms with van der Waals surface area (Å²) in [6.45, 7) is 5.01. The molecule has 2 rings (SSSR count). The van der Waals surface area contributed by atoms with E-state index >= 15 is 0 Å². The van der Waals surface area contributed by atoms with Crippen molar-refractivity contribution in [2.75, 3.05) is 13.6 Å². The van der Waals surface area contributed by atoms with Gasteiger partial charge in [-0.05, 0) is 43.0 Å². The molecular formula is C15H23NO. The number of benzene rings is 1. The molecule has 0 saturated heterocycles. The van der Waals surface area contributed by atoms with Crippen molar-refractivity contribution in [2.45, 2.75) is 39.2 Å². The number of hydrogen-bond acceptors (Lipinski definition) is 2. The van der Waals surface area contributed by atoms with Crippen LogP contribution in [0.3, 0.4) is 0 Å². The monoisotopic (exact) mass is 233 g/mol. The molecule has 1 aliphatic rings. The third-order valence-electron chi connectivity index (χ3n) is 3.81. The fourth-order valence-corrected chi connectivity index (χ4v) is 2.77. The van der Waals surface area contributed by atoms with Crippen LogP contribution in [-0.4, -0.2) is 18.7 Å². The molecule has 1 atom stereocenters. The third kappa shape index (κ3) is 2.53. The highest BCUT2D eigenvalue weighted by Crippen LogP contribution is 2.34. The van der Waals surface area contributed by atoms with Crippen LogP contribution < -0.4 is 5.32 Å². The van der Waals surface area contributed by atoms with E-state index in [1.54, 1.807) is 0 Å². The minimum absolute atomic E-state index is 0.137. The maximum atomic E-state index is 10.5. The molecule has 0 spiro atoms. The predicted octanol–water partition coefficient (Wildman–Crippen LogP) is 2.45. The van der Waals surface area contributed by atoms with Crippen LogP contribution in [0.4, 0.5) is 0 Å². The van der Waals surface area contributed by atoms with E-state index in [2.05, 4.69) is 37.4 Å². The van der Waals surface area contributed by atoms with Gasteiger partial charge in [0.1, 0.15) is 0 Å². The lowest BCUT2D eigenvalue weighted by Gasteiger charge is -2.31. The molecule has 94 valence electrons. The first-order chi connectivity index (χ1) is 8.04. The fourth-order valence-electron chi connectivity index (χ4n) is 2.77. The first-order valence-electron chi connectivity index (χ1n) is 6.49. The molecule has 2 N–H and O–H groups in total. The van der Waals surface area contributed by atoms with Crippen LogP contribution in [0.1, 0.15) is 43.1 Å². The minimum Gasteiger partial charge on any atom is -0.388 e. The Morgan fingerprint density at radius 1 is 1.29 bits per heavy atom. The molecule has 1 unspecified atom stereocenters. The van der Waals surface area contributed by atoms with Crippen molar-refractivity contribution in [2.24, 2.45) is 5.41 Å². The molecule has 1 aromatic carbocycles. The Kier molecular flexibility index (Phi) is 3.55. The molecule has 0 fully saturated rings. The Labute approximate surface area is 104 Å². The quantitative estimate of drug-likeness (QED) is 0.837. The summed E-state index contributed by atoms with van der Waals surface area (Å²) >= 11 is 0. The third-order valence-corrected chi connectivity index (χ3v) is 3.81. The van der Waals surface area contributed by atoms with E-state index in [0.29, 0.717) is 0 Å². The van der Waals surface area contributed by atoms with Crippen LogP contribution >= 0.6 is 0 Å². The zero-order valence-corrected chi connectivity index (χ0v) is 11.1. The van der Waals surface area contributed by atoms with Gasteiger partial charge in [0.05, 0.1) is 6.10 Å². The average Bonchev–Trinajstić information content (AvgIpc) is 2.74. The largest absolute Gasteiger partial charge is 0.388 e. The summed E-state index contributed by atoms with van der Waals surface area (Å²) in [7, 11) is 1.93. The number of hydrogen-bond donors (Lipinski definition) is 2. The van der Waals surface area contributed by atoms with Crippen molar-refractivity contribution in [3.63, 3.8) is 0 Å². The summed E-state index contributed by atoms with van der Waals surface area (Å²) in [6.07, 6.45) is 3.23. The molecule has 2 heteroatoms. The SMILES string of the molecule is CNCC(C)(C)C(O)c1ccc2c(c1)CCC2. The summed E-state index contributed by atoms with van der Waals surface area (Å²) in [6, 6.07) is 6.48. The number of nitrogens with one attached hydrogen (secondary N) is 1. The lowest BCUT2D eigenvalue weighted by Crippen LogP contribution is -2.32. The standard InChI is InChI=1S/C15H23NO/c1-15(2,10-16-3)14(17)13-8-7-11-5-4-6-12(11)9-13/h7-9,14,16-17H,4-6,10H2,1-3H3. The van der Waals surface area contributed by atoms with Gasteiger partial charge in [0, 0.05) is 12.0 Å². The van der Waals surface area contributed by atoms with Gasteiger partial charge in [-0.25, -0.2) is 0 Å². The van der Waals surface area contributed by atoms with Crippen LogP contribution in [0, 0.1) is 5.41 Å². The number of aliphatic hydroxyl groups excluding tert-OH is 1. The van der Waals surface area contributed by atoms with E-state index in [9.17, 15) is 5.11 Å². The smallest absolute Gasteiger partial charge is 0.0853 e. The molecule has 0 saturated carbocycles. The molecule has 0 aliphatic heterocycles. The molecule has 2 nitrogen and oxygen atoms in total. The lowest BCUT2D eigenvalue weighted by molar-refractivity contribution is 0.0505. The zero-order chi connectivity index (χ0) is 12.5. The van der Waals surface area contributed by atoms with Gasteiger partial charge in [-0.3, -0.25) is 0 Å². The van der Waals surface area contributed by atoms with Crippen molar-refractivity contribution in [3.05, 3.63) is 34.9 Å². The van der Waals surface area contributed by atoms with E-state index in [1.165, 1.54) is 30.4 Å². The van der Waals surface area contributed by atoms with Crippen molar-refractivity contribution in [3.8, 4) is 0 Å². The number of rotatable bonds is 4. The fraction of sp³-hybridized carbons (Fsp3) is 0.600. The highest BCUT2D eigenvalue weighted by atomic mass is 16.3. The molecule has 1 aromatic rings. The van der Waals surface area contributed by atoms with E-state index in [1.807, 2.05) is 7.05 Å². The van der Waals surface area contributed by atoms with Crippen molar-refractivity contribution in [1.82, 2.24) is 5.32 Å². The Bertz CT molecular complexity index is 398. The molecule has 17 heavy (non-hydrogen) atoms. The molecule has 0 radical (unpaired) electrons. The first kappa shape index (κ1) is 12.6. The summed E-state index contributed by atoms with van der Waals surface area (Å²) in [4.78, 5) is 0. The van der Waals surface area contributed by atoms with Gasteiger partial charge >= 0.3 is 0 Å². The topological polar surface area (TPSA) is 32.3 Å². The Morgan fingerprint density at radius 2 is 2.00 bits per heavy atom. The maximum absolute atomic E-state index is 10.5. The van der Waals surface area contributed by atoms with E-state index in [0.717, 1.165) is 12.1 Å². The van der Waals surface area contributed by atoms with E-state index in [4.69, 9.17) is 0 Å². The predicted molar refractivity (Wildman–Crippen MR) is 71.1 cm³/mol. The maximum Gasteiger partial charge on any atom is 0.0853 e. The number of fused-ring (bicyclic) bond motifs is 1. The summed E-state index contributed by atoms with van der Waals surface area (Å²) in [5, 5.41) is 13.6. The molecule has 0 heterocycles. The summed E-state index contributed by atoms with van der Waals surface area (Å²) in [5.41, 5.74) is 3.82. The number of aryl methyl sites for hydroxylation is 2. The second-order valence-corrected chi connectivity index (χ2v) is 5.80. The van der Waals surface area contributed by atoms with Crippen LogP contribution in [-0.2, 0) is 12.8 Å². The van der Waals surface area contributed by atoms with Gasteiger partial charge in [-0.2, -0.15) is 0 Å². The first-order valence-corrected chi connectivity index (χ1v) is 6.49. The minimum atomic E-state index is -0.402. The average molecular weight is 233 g/mol. The van der Waals surface area contributed by atoms with E-state index in [-0.39, 0.29) is 5.41 Å². The van der Waals surface area contributed by atoms with Crippen LogP contribution in [0.25, 0.3) is 0 Å². The van der Waals surface area contributed by atoms with Gasteiger partial charge in [-0.15, -0.1) is 0 Å². The molecule has 0 bridgehead atoms. The number of aliphatic hydroxyl groups is 1. The van der Waals surface area contributed by atoms with Crippen LogP contribution in [0.15, 0.2) is 18.2 Å². The van der Waals surface area contributed by atoms with Crippen LogP contribution in [0.2, 0.25) is 0 Å². The van der Waals surface area contributed by atoms with Crippen LogP contribution in [0.5, 0.6) is 0 Å². The highest BCUT2D eigenvalue weighted by molar-refractivity contribution is 5.36. The summed E-state index contributed by atoms with van der Waals surface area (Å²) < 4.78 is 0. The van der Waals surface area contributed by atoms with Crippen molar-refractivity contribution >= 4 is 0 Å². The highest BCUT2D eigenvalue weighted by Gasteiger charge is 2.29. The van der Waals surface area contributed by atoms with E-state index < -0.39 is 6.10 Å². The van der Waals surface area contributed by atoms with Gasteiger partial charge in [0.15, 0.2) is 0 Å². The second-order valence-electron chi connectivity index (χ2n) is 5.80. The lowest BCUT2D eigenvalue weighted by atomic mass is 9.82. The Balaban J connectivity index is 2.22. The molecule has 0 amide bonds. The van der Waals surface area contributed by atoms with Gasteiger partial charge < -0.3 is 10.4 Å². The normalized spacial score (nSPS) is 16.9. The molecular weight excluding hydrogens is 210 g/mol. The Hall–Kier alpha value is -0.860. The molecule has 1 aliphatic carbocycles. The Morgan fingerprint density at radius 3 is 2.71 bits per heavy atom. The van der Waals surface area contributed by atoms with Gasteiger partial charge in [-0.1, -0.05) is 32.0 Å². The zero-order valence-electron chi connectivity index (χ0n) is 11.1. The van der Waals surface area contributed by atoms with Gasteiger partial charge in [0.2, 0.25) is 0 Å². The second kappa shape index (κ2) is 4.79. The van der Waals surface area contributed by atoms with Gasteiger partial charge in [0.25, 0.3) is 0 Å². The summed E-state index contributed by atoms with van der Waals surface area (Å²) in [5.74, 6) is 0. The van der Waals surface area contributed by atoms with Crippen molar-refractivity contribution < 1.29 is 5.11 Å².